The number of nitrogens with zero attached hydrogens (tertiary/aromatic N) is 2. The number of hydrogen-bond donors (Lipinski definition) is 2. The zero-order valence-corrected chi connectivity index (χ0v) is 15.4. The fraction of sp³-hybridized carbons (Fsp3) is 0.312. The van der Waals surface area contributed by atoms with Crippen LogP contribution in [0.2, 0.25) is 0 Å². The lowest BCUT2D eigenvalue weighted by Gasteiger charge is -2.16. The lowest BCUT2D eigenvalue weighted by molar-refractivity contribution is -0.134. The number of halogens is 1. The van der Waals surface area contributed by atoms with E-state index in [0.717, 1.165) is 24.8 Å². The van der Waals surface area contributed by atoms with Crippen LogP contribution in [-0.2, 0) is 19.1 Å². The number of ether oxygens (including phenoxy) is 2. The van der Waals surface area contributed by atoms with Crippen molar-refractivity contribution in [2.45, 2.75) is 13.0 Å². The molecule has 3 amide bonds. The van der Waals surface area contributed by atoms with Crippen molar-refractivity contribution in [1.29, 1.82) is 0 Å². The predicted molar refractivity (Wildman–Crippen MR) is 96.3 cm³/mol. The molecule has 1 atom stereocenters. The van der Waals surface area contributed by atoms with Gasteiger partial charge in [-0.2, -0.15) is 5.10 Å². The summed E-state index contributed by atoms with van der Waals surface area (Å²) in [6, 6.07) is 4.14. The average molecular weight is 410 g/mol. The molecule has 1 saturated heterocycles. The second-order valence-corrected chi connectivity index (χ2v) is 6.75. The van der Waals surface area contributed by atoms with Gasteiger partial charge in [0, 0.05) is 12.5 Å². The molecule has 0 aliphatic carbocycles. The Kier molecular flexibility index (Phi) is 5.78. The number of carbonyl (C=O) groups is 4. The molecule has 1 aromatic carbocycles. The van der Waals surface area contributed by atoms with E-state index < -0.39 is 30.1 Å². The Hall–Kier alpha value is -3.15. The van der Waals surface area contributed by atoms with Crippen LogP contribution in [0, 0.1) is 5.82 Å². The number of alkyl carbamates (subject to hydrolysis) is 1. The molecular formula is C16H15FN4O6S. The van der Waals surface area contributed by atoms with E-state index >= 15 is 0 Å². The molecule has 2 aliphatic rings. The third kappa shape index (κ3) is 4.57. The van der Waals surface area contributed by atoms with Gasteiger partial charge in [-0.3, -0.25) is 14.5 Å². The fourth-order valence-electron chi connectivity index (χ4n) is 2.50. The monoisotopic (exact) mass is 410 g/mol. The third-order valence-corrected chi connectivity index (χ3v) is 4.69. The first kappa shape index (κ1) is 19.6. The van der Waals surface area contributed by atoms with E-state index in [0.29, 0.717) is 5.04 Å². The first-order valence-electron chi connectivity index (χ1n) is 8.07. The number of cyclic esters (lactones) is 1. The molecule has 0 saturated carbocycles. The van der Waals surface area contributed by atoms with Crippen molar-refractivity contribution < 1.29 is 33.0 Å². The molecule has 148 valence electrons. The summed E-state index contributed by atoms with van der Waals surface area (Å²) < 4.78 is 23.9. The Morgan fingerprint density at radius 1 is 1.46 bits per heavy atom. The zero-order chi connectivity index (χ0) is 20.3. The molecule has 1 aromatic rings. The highest BCUT2D eigenvalue weighted by atomic mass is 32.2. The maximum Gasteiger partial charge on any atom is 0.415 e. The van der Waals surface area contributed by atoms with Crippen LogP contribution < -0.4 is 15.6 Å². The normalized spacial score (nSPS) is 18.9. The number of thioether (sulfide) groups is 1. The molecule has 0 aromatic heterocycles. The lowest BCUT2D eigenvalue weighted by Crippen LogP contribution is -2.35. The van der Waals surface area contributed by atoms with Crippen molar-refractivity contribution in [3.63, 3.8) is 0 Å². The summed E-state index contributed by atoms with van der Waals surface area (Å²) in [6.45, 7) is 1.09. The van der Waals surface area contributed by atoms with Gasteiger partial charge in [0.1, 0.15) is 17.0 Å². The minimum absolute atomic E-state index is 0.0674. The van der Waals surface area contributed by atoms with E-state index in [2.05, 4.69) is 20.6 Å². The predicted octanol–water partition coefficient (Wildman–Crippen LogP) is 0.948. The summed E-state index contributed by atoms with van der Waals surface area (Å²) in [6.07, 6.45) is -2.34. The van der Waals surface area contributed by atoms with Gasteiger partial charge < -0.3 is 14.8 Å². The third-order valence-electron chi connectivity index (χ3n) is 3.70. The Morgan fingerprint density at radius 3 is 2.89 bits per heavy atom. The number of amides is 3. The van der Waals surface area contributed by atoms with Crippen LogP contribution >= 0.6 is 11.8 Å². The van der Waals surface area contributed by atoms with Crippen molar-refractivity contribution in [1.82, 2.24) is 10.7 Å². The molecule has 2 heterocycles. The van der Waals surface area contributed by atoms with Gasteiger partial charge in [0.2, 0.25) is 0 Å². The van der Waals surface area contributed by atoms with Gasteiger partial charge >= 0.3 is 18.2 Å². The summed E-state index contributed by atoms with van der Waals surface area (Å²) in [5.41, 5.74) is 2.76. The molecule has 10 nitrogen and oxygen atoms in total. The maximum absolute atomic E-state index is 14.5. The summed E-state index contributed by atoms with van der Waals surface area (Å²) >= 11 is 1.11. The van der Waals surface area contributed by atoms with Crippen LogP contribution in [0.4, 0.5) is 19.7 Å². The Labute approximate surface area is 162 Å². The number of carbonyl (C=O) groups excluding carboxylic acids is 4. The summed E-state index contributed by atoms with van der Waals surface area (Å²) in [5, 5.41) is 6.45. The first-order chi connectivity index (χ1) is 13.3. The van der Waals surface area contributed by atoms with Gasteiger partial charge in [0.15, 0.2) is 0 Å². The van der Waals surface area contributed by atoms with Crippen molar-refractivity contribution in [2.24, 2.45) is 5.10 Å². The number of esters is 1. The van der Waals surface area contributed by atoms with Gasteiger partial charge in [-0.05, 0) is 18.2 Å². The number of nitrogens with one attached hydrogen (secondary N) is 2. The standard InChI is InChI=1S/C16H15FN4O6S/c1-8(22)26-15(24)18-5-10-6-21(16(25)27-10)9-2-3-11(12(17)4-9)14-20-19-13(23)7-28-14/h2-4,10H,5-7H2,1H3,(H,18,24)(H,19,23). The summed E-state index contributed by atoms with van der Waals surface area (Å²) in [7, 11) is 0. The molecule has 0 spiro atoms. The van der Waals surface area contributed by atoms with Crippen molar-refractivity contribution >= 4 is 46.6 Å². The van der Waals surface area contributed by atoms with E-state index in [1.165, 1.54) is 17.0 Å². The minimum Gasteiger partial charge on any atom is -0.442 e. The molecule has 3 rings (SSSR count). The van der Waals surface area contributed by atoms with Crippen LogP contribution in [-0.4, -0.2) is 54.1 Å². The van der Waals surface area contributed by atoms with Crippen LogP contribution in [0.1, 0.15) is 12.5 Å². The quantitative estimate of drug-likeness (QED) is 0.559. The Balaban J connectivity index is 1.64. The smallest absolute Gasteiger partial charge is 0.415 e. The van der Waals surface area contributed by atoms with Gasteiger partial charge in [-0.25, -0.2) is 19.4 Å². The van der Waals surface area contributed by atoms with Crippen LogP contribution in [0.25, 0.3) is 0 Å². The molecule has 1 fully saturated rings. The van der Waals surface area contributed by atoms with Crippen molar-refractivity contribution in [2.75, 3.05) is 23.7 Å². The van der Waals surface area contributed by atoms with E-state index in [-0.39, 0.29) is 36.0 Å². The van der Waals surface area contributed by atoms with Gasteiger partial charge in [0.05, 0.1) is 24.5 Å². The second-order valence-electron chi connectivity index (χ2n) is 5.78. The Bertz CT molecular complexity index is 877. The molecule has 0 bridgehead atoms. The lowest BCUT2D eigenvalue weighted by atomic mass is 10.2. The largest absolute Gasteiger partial charge is 0.442 e. The number of rotatable bonds is 4. The Morgan fingerprint density at radius 2 is 2.25 bits per heavy atom. The van der Waals surface area contributed by atoms with Crippen molar-refractivity contribution in [3.8, 4) is 0 Å². The minimum atomic E-state index is -0.949. The average Bonchev–Trinajstić information content (AvgIpc) is 3.01. The summed E-state index contributed by atoms with van der Waals surface area (Å²) in [4.78, 5) is 46.4. The van der Waals surface area contributed by atoms with Crippen LogP contribution in [0.3, 0.4) is 0 Å². The van der Waals surface area contributed by atoms with E-state index in [9.17, 15) is 23.6 Å². The molecule has 28 heavy (non-hydrogen) atoms. The highest BCUT2D eigenvalue weighted by Gasteiger charge is 2.33. The highest BCUT2D eigenvalue weighted by molar-refractivity contribution is 8.15. The molecule has 2 N–H and O–H groups in total. The number of hydrazone groups is 1. The molecule has 1 unspecified atom stereocenters. The number of hydrogen-bond acceptors (Lipinski definition) is 8. The first-order valence-corrected chi connectivity index (χ1v) is 9.05. The molecule has 2 aliphatic heterocycles. The SMILES string of the molecule is CC(=O)OC(=O)NCC1CN(c2ccc(C3=NNC(=O)CS3)c(F)c2)C(=O)O1. The van der Waals surface area contributed by atoms with E-state index in [4.69, 9.17) is 4.74 Å². The number of benzene rings is 1. The second kappa shape index (κ2) is 8.25. The van der Waals surface area contributed by atoms with E-state index in [1.54, 1.807) is 0 Å². The van der Waals surface area contributed by atoms with Gasteiger partial charge in [-0.15, -0.1) is 0 Å². The fourth-order valence-corrected chi connectivity index (χ4v) is 3.26. The zero-order valence-electron chi connectivity index (χ0n) is 14.6. The number of anilines is 1. The summed E-state index contributed by atoms with van der Waals surface area (Å²) in [5.74, 6) is -1.51. The molecule has 12 heteroatoms. The highest BCUT2D eigenvalue weighted by Crippen LogP contribution is 2.26. The van der Waals surface area contributed by atoms with E-state index in [1.807, 2.05) is 0 Å². The molecule has 0 radical (unpaired) electrons. The van der Waals surface area contributed by atoms with Gasteiger partial charge in [0.25, 0.3) is 5.91 Å². The van der Waals surface area contributed by atoms with Crippen molar-refractivity contribution in [3.05, 3.63) is 29.6 Å². The topological polar surface area (TPSA) is 126 Å². The van der Waals surface area contributed by atoms with Gasteiger partial charge in [-0.1, -0.05) is 11.8 Å². The van der Waals surface area contributed by atoms with Crippen LogP contribution in [0.15, 0.2) is 23.3 Å². The maximum atomic E-state index is 14.5. The van der Waals surface area contributed by atoms with Crippen LogP contribution in [0.5, 0.6) is 0 Å². The molecular weight excluding hydrogens is 395 g/mol.